The largest absolute Gasteiger partial charge is 0.490 e. The molecule has 4 rings (SSSR count). The van der Waals surface area contributed by atoms with E-state index in [4.69, 9.17) is 4.74 Å². The number of hydrogen-bond donors (Lipinski definition) is 0. The second-order valence-electron chi connectivity index (χ2n) is 6.98. The van der Waals surface area contributed by atoms with E-state index in [2.05, 4.69) is 11.6 Å². The predicted molar refractivity (Wildman–Crippen MR) is 126 cm³/mol. The zero-order valence-corrected chi connectivity index (χ0v) is 18.6. The molecule has 1 aromatic carbocycles. The van der Waals surface area contributed by atoms with Crippen LogP contribution in [-0.4, -0.2) is 34.0 Å². The number of amides is 1. The van der Waals surface area contributed by atoms with Crippen LogP contribution >= 0.6 is 22.7 Å². The Morgan fingerprint density at radius 3 is 2.77 bits per heavy atom. The molecule has 0 N–H and O–H groups in total. The molecule has 0 saturated heterocycles. The third-order valence-electron chi connectivity index (χ3n) is 4.79. The number of benzene rings is 1. The number of carbonyl (C=O) groups is 1. The molecule has 0 aliphatic carbocycles. The van der Waals surface area contributed by atoms with Gasteiger partial charge in [0.05, 0.1) is 11.7 Å². The maximum absolute atomic E-state index is 13.1. The highest BCUT2D eigenvalue weighted by Gasteiger charge is 2.17. The summed E-state index contributed by atoms with van der Waals surface area (Å²) in [6.07, 6.45) is 3.14. The molecular formula is C23H21N3O3S2. The molecule has 4 aromatic rings. The van der Waals surface area contributed by atoms with Crippen molar-refractivity contribution >= 4 is 38.8 Å². The van der Waals surface area contributed by atoms with E-state index >= 15 is 0 Å². The van der Waals surface area contributed by atoms with Crippen LogP contribution in [0.2, 0.25) is 0 Å². The van der Waals surface area contributed by atoms with E-state index < -0.39 is 0 Å². The van der Waals surface area contributed by atoms with Crippen molar-refractivity contribution in [1.82, 2.24) is 14.5 Å². The highest BCUT2D eigenvalue weighted by atomic mass is 32.1. The van der Waals surface area contributed by atoms with E-state index in [1.54, 1.807) is 29.4 Å². The van der Waals surface area contributed by atoms with E-state index in [-0.39, 0.29) is 18.0 Å². The lowest BCUT2D eigenvalue weighted by molar-refractivity contribution is -0.131. The van der Waals surface area contributed by atoms with Gasteiger partial charge in [0.1, 0.15) is 23.7 Å². The maximum Gasteiger partial charge on any atom is 0.263 e. The van der Waals surface area contributed by atoms with Gasteiger partial charge >= 0.3 is 0 Å². The third-order valence-corrected chi connectivity index (χ3v) is 6.58. The number of hydrogen-bond acceptors (Lipinski definition) is 6. The summed E-state index contributed by atoms with van der Waals surface area (Å²) in [6.45, 7) is 4.45. The van der Waals surface area contributed by atoms with E-state index in [1.807, 2.05) is 47.2 Å². The highest BCUT2D eigenvalue weighted by molar-refractivity contribution is 7.18. The first kappa shape index (κ1) is 21.0. The smallest absolute Gasteiger partial charge is 0.263 e. The van der Waals surface area contributed by atoms with Gasteiger partial charge in [0.15, 0.2) is 0 Å². The van der Waals surface area contributed by atoms with Crippen LogP contribution in [0.3, 0.4) is 0 Å². The van der Waals surface area contributed by atoms with Crippen LogP contribution < -0.4 is 10.3 Å². The molecule has 0 spiro atoms. The van der Waals surface area contributed by atoms with Gasteiger partial charge in [-0.15, -0.1) is 22.7 Å². The number of carbonyl (C=O) groups excluding carboxylic acids is 1. The summed E-state index contributed by atoms with van der Waals surface area (Å²) in [5.41, 5.74) is 1.65. The van der Waals surface area contributed by atoms with Gasteiger partial charge in [0.25, 0.3) is 5.56 Å². The first-order valence-electron chi connectivity index (χ1n) is 9.64. The summed E-state index contributed by atoms with van der Waals surface area (Å²) < 4.78 is 6.86. The van der Waals surface area contributed by atoms with Crippen molar-refractivity contribution in [1.29, 1.82) is 0 Å². The van der Waals surface area contributed by atoms with Gasteiger partial charge in [-0.2, -0.15) is 0 Å². The van der Waals surface area contributed by atoms with Crippen molar-refractivity contribution in [2.75, 3.05) is 13.7 Å². The Bertz CT molecular complexity index is 1260. The molecule has 3 aromatic heterocycles. The van der Waals surface area contributed by atoms with E-state index in [1.165, 1.54) is 22.2 Å². The summed E-state index contributed by atoms with van der Waals surface area (Å²) in [6, 6.07) is 11.5. The SMILES string of the molecule is C=CCOc1ccc(CN(C)C(=O)Cn2cnc3scc(-c4cccs4)c3c2=O)cc1. The molecule has 0 unspecified atom stereocenters. The Hall–Kier alpha value is -3.23. The number of ether oxygens (including phenoxy) is 1. The Morgan fingerprint density at radius 2 is 2.06 bits per heavy atom. The van der Waals surface area contributed by atoms with Crippen molar-refractivity contribution in [3.05, 3.63) is 82.1 Å². The minimum Gasteiger partial charge on any atom is -0.490 e. The molecule has 1 amide bonds. The summed E-state index contributed by atoms with van der Waals surface area (Å²) in [5.74, 6) is 0.587. The lowest BCUT2D eigenvalue weighted by Crippen LogP contribution is -2.33. The Labute approximate surface area is 187 Å². The van der Waals surface area contributed by atoms with Crippen LogP contribution in [0.5, 0.6) is 5.75 Å². The van der Waals surface area contributed by atoms with Gasteiger partial charge in [-0.05, 0) is 29.1 Å². The molecular weight excluding hydrogens is 430 g/mol. The van der Waals surface area contributed by atoms with Crippen molar-refractivity contribution in [2.24, 2.45) is 0 Å². The fourth-order valence-electron chi connectivity index (χ4n) is 3.17. The number of thiophene rings is 2. The molecule has 0 radical (unpaired) electrons. The maximum atomic E-state index is 13.1. The number of rotatable bonds is 8. The standard InChI is InChI=1S/C23H21N3O3S2/c1-3-10-29-17-8-6-16(7-9-17)12-25(2)20(27)13-26-15-24-22-21(23(26)28)18(14-31-22)19-5-4-11-30-19/h3-9,11,14-15H,1,10,12-13H2,2H3. The fraction of sp³-hybridized carbons (Fsp3) is 0.174. The average Bonchev–Trinajstić information content (AvgIpc) is 3.45. The topological polar surface area (TPSA) is 64.4 Å². The fourth-order valence-corrected chi connectivity index (χ4v) is 4.89. The molecule has 3 heterocycles. The van der Waals surface area contributed by atoms with E-state index in [0.29, 0.717) is 23.4 Å². The quantitative estimate of drug-likeness (QED) is 0.372. The monoisotopic (exact) mass is 451 g/mol. The van der Waals surface area contributed by atoms with Crippen molar-refractivity contribution in [2.45, 2.75) is 13.1 Å². The Kier molecular flexibility index (Phi) is 6.29. The van der Waals surface area contributed by atoms with Crippen molar-refractivity contribution < 1.29 is 9.53 Å². The second kappa shape index (κ2) is 9.28. The molecule has 6 nitrogen and oxygen atoms in total. The lowest BCUT2D eigenvalue weighted by atomic mass is 10.2. The van der Waals surface area contributed by atoms with E-state index in [0.717, 1.165) is 21.8 Å². The third kappa shape index (κ3) is 4.60. The lowest BCUT2D eigenvalue weighted by Gasteiger charge is -2.18. The van der Waals surface area contributed by atoms with Crippen LogP contribution in [0, 0.1) is 0 Å². The molecule has 0 bridgehead atoms. The van der Waals surface area contributed by atoms with Crippen LogP contribution in [-0.2, 0) is 17.9 Å². The highest BCUT2D eigenvalue weighted by Crippen LogP contribution is 2.33. The Balaban J connectivity index is 1.49. The number of fused-ring (bicyclic) bond motifs is 1. The summed E-state index contributed by atoms with van der Waals surface area (Å²) >= 11 is 3.02. The normalized spacial score (nSPS) is 10.9. The van der Waals surface area contributed by atoms with Gasteiger partial charge in [-0.1, -0.05) is 30.9 Å². The Morgan fingerprint density at radius 1 is 1.26 bits per heavy atom. The summed E-state index contributed by atoms with van der Waals surface area (Å²) in [4.78, 5) is 33.6. The van der Waals surface area contributed by atoms with Gasteiger partial charge in [0, 0.05) is 29.4 Å². The van der Waals surface area contributed by atoms with Crippen molar-refractivity contribution in [3.8, 4) is 16.2 Å². The number of likely N-dealkylation sites (N-methyl/N-ethyl adjacent to an activating group) is 1. The molecule has 8 heteroatoms. The molecule has 0 atom stereocenters. The van der Waals surface area contributed by atoms with Gasteiger partial charge in [0.2, 0.25) is 5.91 Å². The van der Waals surface area contributed by atoms with Crippen LogP contribution in [0.15, 0.2) is 70.9 Å². The van der Waals surface area contributed by atoms with E-state index in [9.17, 15) is 9.59 Å². The van der Waals surface area contributed by atoms with Crippen LogP contribution in [0.4, 0.5) is 0 Å². The molecule has 0 aliphatic rings. The van der Waals surface area contributed by atoms with Gasteiger partial charge < -0.3 is 9.64 Å². The molecule has 0 saturated carbocycles. The summed E-state index contributed by atoms with van der Waals surface area (Å²) in [5, 5.41) is 4.50. The van der Waals surface area contributed by atoms with Crippen LogP contribution in [0.25, 0.3) is 20.7 Å². The summed E-state index contributed by atoms with van der Waals surface area (Å²) in [7, 11) is 1.73. The molecule has 158 valence electrons. The minimum atomic E-state index is -0.194. The minimum absolute atomic E-state index is 0.0570. The van der Waals surface area contributed by atoms with Gasteiger partial charge in [-0.25, -0.2) is 4.98 Å². The molecule has 0 fully saturated rings. The van der Waals surface area contributed by atoms with Crippen LogP contribution in [0.1, 0.15) is 5.56 Å². The second-order valence-corrected chi connectivity index (χ2v) is 8.78. The van der Waals surface area contributed by atoms with Crippen molar-refractivity contribution in [3.63, 3.8) is 0 Å². The number of aromatic nitrogens is 2. The first-order chi connectivity index (χ1) is 15.1. The zero-order valence-electron chi connectivity index (χ0n) is 17.0. The zero-order chi connectivity index (χ0) is 21.8. The average molecular weight is 452 g/mol. The van der Waals surface area contributed by atoms with Gasteiger partial charge in [-0.3, -0.25) is 14.2 Å². The first-order valence-corrected chi connectivity index (χ1v) is 11.4. The number of nitrogens with zero attached hydrogens (tertiary/aromatic N) is 3. The molecule has 0 aliphatic heterocycles. The predicted octanol–water partition coefficient (Wildman–Crippen LogP) is 4.41. The molecule has 31 heavy (non-hydrogen) atoms.